The summed E-state index contributed by atoms with van der Waals surface area (Å²) in [5, 5.41) is 1.56. The van der Waals surface area contributed by atoms with E-state index in [4.69, 9.17) is 17.8 Å². The van der Waals surface area contributed by atoms with Crippen molar-refractivity contribution in [1.82, 2.24) is 0 Å². The molecule has 0 aliphatic carbocycles. The number of fused-ring (bicyclic) bond motifs is 3. The molecule has 0 amide bonds. The quantitative estimate of drug-likeness (QED) is 0.265. The van der Waals surface area contributed by atoms with E-state index in [0.29, 0.717) is 33.8 Å². The van der Waals surface area contributed by atoms with Gasteiger partial charge in [0.2, 0.25) is 5.69 Å². The Morgan fingerprint density at radius 1 is 1.20 bits per heavy atom. The van der Waals surface area contributed by atoms with Crippen LogP contribution in [0.25, 0.3) is 38.0 Å². The third kappa shape index (κ3) is 3.08. The molecule has 0 aliphatic rings. The Hall–Kier alpha value is -3.12. The van der Waals surface area contributed by atoms with Crippen molar-refractivity contribution in [2.45, 2.75) is 47.8 Å². The molecule has 4 rings (SSSR count). The molecule has 2 aromatic carbocycles. The summed E-state index contributed by atoms with van der Waals surface area (Å²) < 4.78 is 59.3. The first-order valence-corrected chi connectivity index (χ1v) is 10.0. The highest BCUT2D eigenvalue weighted by atomic mass is 16.3. The number of hydrogen-bond donors (Lipinski definition) is 0. The molecule has 0 fully saturated rings. The van der Waals surface area contributed by atoms with Crippen molar-refractivity contribution >= 4 is 27.6 Å². The summed E-state index contributed by atoms with van der Waals surface area (Å²) in [7, 11) is 1.70. The van der Waals surface area contributed by atoms with Gasteiger partial charge in [-0.2, -0.15) is 4.57 Å². The lowest BCUT2D eigenvalue weighted by Gasteiger charge is -2.14. The molecule has 0 aliphatic heterocycles. The number of pyridine rings is 1. The van der Waals surface area contributed by atoms with Crippen LogP contribution >= 0.6 is 0 Å². The second kappa shape index (κ2) is 7.29. The molecular formula is C27H29N2O+. The molecule has 0 saturated heterocycles. The van der Waals surface area contributed by atoms with Crippen molar-refractivity contribution in [1.29, 1.82) is 0 Å². The first-order valence-electron chi connectivity index (χ1n) is 13.0. The highest BCUT2D eigenvalue weighted by molar-refractivity contribution is 6.10. The third-order valence-corrected chi connectivity index (χ3v) is 5.65. The first-order chi connectivity index (χ1) is 16.6. The summed E-state index contributed by atoms with van der Waals surface area (Å²) in [4.78, 5) is 3.61. The van der Waals surface area contributed by atoms with Crippen LogP contribution in [0.2, 0.25) is 0 Å². The van der Waals surface area contributed by atoms with Crippen molar-refractivity contribution in [2.75, 3.05) is 0 Å². The molecular weight excluding hydrogens is 368 g/mol. The van der Waals surface area contributed by atoms with E-state index in [1.807, 2.05) is 32.0 Å². The largest absolute Gasteiger partial charge is 0.455 e. The van der Waals surface area contributed by atoms with Gasteiger partial charge < -0.3 is 4.42 Å². The fourth-order valence-electron chi connectivity index (χ4n) is 3.90. The van der Waals surface area contributed by atoms with E-state index in [1.165, 1.54) is 0 Å². The van der Waals surface area contributed by atoms with Gasteiger partial charge in [0, 0.05) is 36.2 Å². The van der Waals surface area contributed by atoms with Crippen molar-refractivity contribution in [3.8, 4) is 11.3 Å². The van der Waals surface area contributed by atoms with Crippen LogP contribution in [0.5, 0.6) is 0 Å². The monoisotopic (exact) mass is 403 g/mol. The van der Waals surface area contributed by atoms with Crippen LogP contribution in [0.1, 0.15) is 50.0 Å². The smallest absolute Gasteiger partial charge is 0.216 e. The zero-order valence-electron chi connectivity index (χ0n) is 24.2. The van der Waals surface area contributed by atoms with Crippen LogP contribution in [0.15, 0.2) is 34.7 Å². The number of furan rings is 1. The average molecular weight is 404 g/mol. The Labute approximate surface area is 187 Å². The molecule has 0 N–H and O–H groups in total. The van der Waals surface area contributed by atoms with E-state index >= 15 is 0 Å². The number of rotatable bonds is 3. The zero-order chi connectivity index (χ0) is 26.9. The molecule has 0 atom stereocenters. The Bertz CT molecular complexity index is 1590. The standard InChI is InChI=1S/C27H29N2O/c1-15(2)11-20-13-24(29(8)19(6)18(20)5)26-16(3)9-10-21-22-14-23(28-7)17(4)12-25(22)30-27(21)26/h9-10,12-15H,11H2,1-6,8H3/q+1/i5D3,11D2,13D. The van der Waals surface area contributed by atoms with Crippen LogP contribution in [0.4, 0.5) is 5.69 Å². The Balaban J connectivity index is 2.22. The van der Waals surface area contributed by atoms with Crippen LogP contribution < -0.4 is 4.57 Å². The van der Waals surface area contributed by atoms with Gasteiger partial charge in [-0.3, -0.25) is 0 Å². The zero-order valence-corrected chi connectivity index (χ0v) is 18.2. The number of hydrogen-bond acceptors (Lipinski definition) is 1. The predicted octanol–water partition coefficient (Wildman–Crippen LogP) is 7.06. The SMILES string of the molecule is [2H]c1c(C([2H])([2H])C(C)C)c(C([2H])([2H])[2H])c(C)[n+](C)c1-c1c(C)ccc2c1oc1cc(C)c([N+]#[C-])cc12. The second-order valence-corrected chi connectivity index (χ2v) is 8.15. The van der Waals surface area contributed by atoms with Gasteiger partial charge in [-0.1, -0.05) is 26.0 Å². The molecule has 30 heavy (non-hydrogen) atoms. The van der Waals surface area contributed by atoms with E-state index in [1.54, 1.807) is 38.5 Å². The highest BCUT2D eigenvalue weighted by Crippen LogP contribution is 2.39. The van der Waals surface area contributed by atoms with Crippen molar-refractivity contribution in [2.24, 2.45) is 13.0 Å². The number of aromatic nitrogens is 1. The lowest BCUT2D eigenvalue weighted by Crippen LogP contribution is -2.36. The molecule has 4 aromatic rings. The van der Waals surface area contributed by atoms with E-state index in [-0.39, 0.29) is 17.2 Å². The molecule has 3 nitrogen and oxygen atoms in total. The lowest BCUT2D eigenvalue weighted by molar-refractivity contribution is -0.667. The predicted molar refractivity (Wildman–Crippen MR) is 124 cm³/mol. The average Bonchev–Trinajstić information content (AvgIpc) is 3.12. The molecule has 0 saturated carbocycles. The van der Waals surface area contributed by atoms with E-state index < -0.39 is 19.1 Å². The van der Waals surface area contributed by atoms with Crippen molar-refractivity contribution < 1.29 is 17.2 Å². The summed E-state index contributed by atoms with van der Waals surface area (Å²) in [6, 6.07) is 7.30. The Morgan fingerprint density at radius 3 is 2.63 bits per heavy atom. The van der Waals surface area contributed by atoms with Gasteiger partial charge in [0.15, 0.2) is 11.4 Å². The molecule has 0 unspecified atom stereocenters. The van der Waals surface area contributed by atoms with Gasteiger partial charge in [-0.05, 0) is 61.8 Å². The van der Waals surface area contributed by atoms with Crippen LogP contribution in [0.3, 0.4) is 0 Å². The topological polar surface area (TPSA) is 21.4 Å². The van der Waals surface area contributed by atoms with Gasteiger partial charge in [0.25, 0.3) is 0 Å². The summed E-state index contributed by atoms with van der Waals surface area (Å²) in [5.74, 6) is -0.555. The summed E-state index contributed by atoms with van der Waals surface area (Å²) >= 11 is 0. The highest BCUT2D eigenvalue weighted by Gasteiger charge is 2.24. The first kappa shape index (κ1) is 14.0. The molecule has 0 bridgehead atoms. The summed E-state index contributed by atoms with van der Waals surface area (Å²) in [6.07, 6.45) is -2.05. The van der Waals surface area contributed by atoms with Crippen molar-refractivity contribution in [3.05, 3.63) is 69.7 Å². The molecule has 3 heteroatoms. The van der Waals surface area contributed by atoms with E-state index in [2.05, 4.69) is 4.85 Å². The number of benzene rings is 2. The normalized spacial score (nSPS) is 15.4. The van der Waals surface area contributed by atoms with Gasteiger partial charge >= 0.3 is 0 Å². The minimum atomic E-state index is -2.60. The fourth-order valence-corrected chi connectivity index (χ4v) is 3.90. The Kier molecular flexibility index (Phi) is 3.40. The van der Waals surface area contributed by atoms with E-state index in [0.717, 1.165) is 21.9 Å². The van der Waals surface area contributed by atoms with Crippen molar-refractivity contribution in [3.63, 3.8) is 0 Å². The minimum Gasteiger partial charge on any atom is -0.455 e. The lowest BCUT2D eigenvalue weighted by atomic mass is 9.93. The molecule has 0 spiro atoms. The van der Waals surface area contributed by atoms with Gasteiger partial charge in [0.05, 0.1) is 13.5 Å². The van der Waals surface area contributed by atoms with Crippen LogP contribution in [-0.4, -0.2) is 0 Å². The number of nitrogens with zero attached hydrogens (tertiary/aromatic N) is 2. The maximum absolute atomic E-state index is 9.20. The fraction of sp³-hybridized carbons (Fsp3) is 0.333. The molecule has 2 heterocycles. The van der Waals surface area contributed by atoms with Gasteiger partial charge in [0.1, 0.15) is 18.2 Å². The third-order valence-electron chi connectivity index (χ3n) is 5.65. The molecule has 0 radical (unpaired) electrons. The minimum absolute atomic E-state index is 0.109. The van der Waals surface area contributed by atoms with E-state index in [9.17, 15) is 1.37 Å². The molecule has 2 aromatic heterocycles. The maximum atomic E-state index is 9.20. The maximum Gasteiger partial charge on any atom is 0.216 e. The van der Waals surface area contributed by atoms with Gasteiger partial charge in [-0.25, -0.2) is 4.85 Å². The second-order valence-electron chi connectivity index (χ2n) is 8.15. The van der Waals surface area contributed by atoms with Crippen LogP contribution in [0, 0.1) is 40.1 Å². The molecule has 152 valence electrons. The van der Waals surface area contributed by atoms with Gasteiger partial charge in [-0.15, -0.1) is 0 Å². The Morgan fingerprint density at radius 2 is 1.97 bits per heavy atom. The number of aryl methyl sites for hydroxylation is 2. The van der Waals surface area contributed by atoms with Crippen LogP contribution in [-0.2, 0) is 13.4 Å². The summed E-state index contributed by atoms with van der Waals surface area (Å²) in [5.41, 5.74) is 4.42. The summed E-state index contributed by atoms with van der Waals surface area (Å²) in [6.45, 7) is 13.7.